The molecule has 0 N–H and O–H groups in total. The highest BCUT2D eigenvalue weighted by molar-refractivity contribution is 6.05. The molecule has 0 bridgehead atoms. The van der Waals surface area contributed by atoms with Crippen LogP contribution in [0.2, 0.25) is 0 Å². The van der Waals surface area contributed by atoms with E-state index < -0.39 is 38.1 Å². The van der Waals surface area contributed by atoms with Crippen molar-refractivity contribution in [3.8, 4) is 0 Å². The number of hydrogen-bond acceptors (Lipinski definition) is 8. The molecule has 0 unspecified atom stereocenters. The minimum atomic E-state index is -1.05. The number of fused-ring (bicyclic) bond motifs is 4. The van der Waals surface area contributed by atoms with Gasteiger partial charge < -0.3 is 0 Å². The second-order valence-electron chi connectivity index (χ2n) is 5.15. The van der Waals surface area contributed by atoms with E-state index in [2.05, 4.69) is 9.97 Å². The van der Waals surface area contributed by atoms with Gasteiger partial charge in [-0.15, -0.1) is 0 Å². The molecule has 0 spiro atoms. The van der Waals surface area contributed by atoms with Gasteiger partial charge in [0, 0.05) is 5.39 Å². The predicted octanol–water partition coefficient (Wildman–Crippen LogP) is -1.59. The van der Waals surface area contributed by atoms with E-state index in [-0.39, 0.29) is 27.3 Å². The fraction of sp³-hybridized carbons (Fsp3) is 0. The van der Waals surface area contributed by atoms with Crippen molar-refractivity contribution in [3.63, 3.8) is 0 Å². The van der Waals surface area contributed by atoms with Crippen molar-refractivity contribution in [2.75, 3.05) is 0 Å². The molecule has 0 radical (unpaired) electrons. The zero-order chi connectivity index (χ0) is 17.2. The van der Waals surface area contributed by atoms with Gasteiger partial charge in [-0.25, -0.2) is 9.97 Å². The SMILES string of the molecule is O=c1ccc2c(=O)c(=O)c3nc4c(=O)ccc(=O)c4nc3c2c1=O. The second kappa shape index (κ2) is 4.42. The highest BCUT2D eigenvalue weighted by Crippen LogP contribution is 2.14. The van der Waals surface area contributed by atoms with Crippen molar-refractivity contribution in [2.24, 2.45) is 0 Å². The Balaban J connectivity index is 2.53. The summed E-state index contributed by atoms with van der Waals surface area (Å²) in [5.74, 6) is 0. The van der Waals surface area contributed by atoms with Crippen LogP contribution in [0.5, 0.6) is 0 Å². The third-order valence-electron chi connectivity index (χ3n) is 3.77. The highest BCUT2D eigenvalue weighted by atomic mass is 16.2. The van der Waals surface area contributed by atoms with Crippen molar-refractivity contribution in [3.05, 3.63) is 85.6 Å². The summed E-state index contributed by atoms with van der Waals surface area (Å²) in [4.78, 5) is 79.5. The van der Waals surface area contributed by atoms with Crippen molar-refractivity contribution < 1.29 is 0 Å². The summed E-state index contributed by atoms with van der Waals surface area (Å²) in [5, 5.41) is -0.635. The summed E-state index contributed by atoms with van der Waals surface area (Å²) in [6.07, 6.45) is 0. The number of aromatic nitrogens is 2. The lowest BCUT2D eigenvalue weighted by Gasteiger charge is -2.01. The second-order valence-corrected chi connectivity index (χ2v) is 5.15. The summed E-state index contributed by atoms with van der Waals surface area (Å²) in [7, 11) is 0. The van der Waals surface area contributed by atoms with Crippen molar-refractivity contribution >= 4 is 32.8 Å². The molecule has 3 aromatic carbocycles. The molecule has 114 valence electrons. The molecule has 4 aromatic rings. The Labute approximate surface area is 129 Å². The molecular formula is C16H4N2O6. The molecule has 0 fully saturated rings. The lowest BCUT2D eigenvalue weighted by atomic mass is 10.1. The van der Waals surface area contributed by atoms with E-state index in [1.54, 1.807) is 0 Å². The van der Waals surface area contributed by atoms with E-state index in [9.17, 15) is 28.8 Å². The van der Waals surface area contributed by atoms with Crippen LogP contribution in [0.4, 0.5) is 0 Å². The molecule has 24 heavy (non-hydrogen) atoms. The van der Waals surface area contributed by atoms with Gasteiger partial charge in [-0.1, -0.05) is 0 Å². The Kier molecular flexibility index (Phi) is 2.57. The van der Waals surface area contributed by atoms with E-state index in [1.807, 2.05) is 0 Å². The Morgan fingerprint density at radius 3 is 1.67 bits per heavy atom. The Hall–Kier alpha value is -3.68. The highest BCUT2D eigenvalue weighted by Gasteiger charge is 2.18. The first-order valence-corrected chi connectivity index (χ1v) is 6.69. The summed E-state index contributed by atoms with van der Waals surface area (Å²) in [6, 6.07) is 3.92. The van der Waals surface area contributed by atoms with Crippen molar-refractivity contribution in [2.45, 2.75) is 0 Å². The number of hydrogen-bond donors (Lipinski definition) is 0. The molecule has 1 aromatic heterocycles. The monoisotopic (exact) mass is 320 g/mol. The summed E-state index contributed by atoms with van der Waals surface area (Å²) in [5.41, 5.74) is -6.78. The molecule has 0 aliphatic carbocycles. The molecule has 0 aliphatic rings. The Bertz CT molecular complexity index is 1520. The van der Waals surface area contributed by atoms with Gasteiger partial charge in [0.25, 0.3) is 5.43 Å². The number of benzene rings is 3. The smallest absolute Gasteiger partial charge is 0.254 e. The van der Waals surface area contributed by atoms with Crippen LogP contribution < -0.4 is 32.6 Å². The lowest BCUT2D eigenvalue weighted by Crippen LogP contribution is -2.31. The molecule has 0 atom stereocenters. The molecule has 0 saturated carbocycles. The fourth-order valence-electron chi connectivity index (χ4n) is 2.64. The average Bonchev–Trinajstić information content (AvgIpc) is 2.57. The number of rotatable bonds is 0. The molecule has 0 aliphatic heterocycles. The van der Waals surface area contributed by atoms with E-state index in [0.717, 1.165) is 24.3 Å². The van der Waals surface area contributed by atoms with Gasteiger partial charge in [0.15, 0.2) is 0 Å². The number of nitrogens with zero attached hydrogens (tertiary/aromatic N) is 2. The first-order valence-electron chi connectivity index (χ1n) is 6.69. The van der Waals surface area contributed by atoms with Gasteiger partial charge in [0.05, 0.1) is 5.39 Å². The quantitative estimate of drug-likeness (QED) is 0.215. The summed E-state index contributed by atoms with van der Waals surface area (Å²) in [6.45, 7) is 0. The van der Waals surface area contributed by atoms with Crippen LogP contribution in [0, 0.1) is 0 Å². The van der Waals surface area contributed by atoms with Gasteiger partial charge in [-0.3, -0.25) is 28.8 Å². The van der Waals surface area contributed by atoms with Crippen LogP contribution in [0.3, 0.4) is 0 Å². The lowest BCUT2D eigenvalue weighted by molar-refractivity contribution is 1.34. The van der Waals surface area contributed by atoms with Crippen LogP contribution in [-0.4, -0.2) is 9.97 Å². The molecule has 8 nitrogen and oxygen atoms in total. The maximum absolute atomic E-state index is 12.2. The largest absolute Gasteiger partial charge is 0.287 e. The van der Waals surface area contributed by atoms with Crippen molar-refractivity contribution in [1.29, 1.82) is 0 Å². The van der Waals surface area contributed by atoms with Crippen LogP contribution in [0.15, 0.2) is 53.0 Å². The first-order chi connectivity index (χ1) is 11.4. The predicted molar refractivity (Wildman–Crippen MR) is 85.7 cm³/mol. The standard InChI is InChI=1S/C16H4N2O6/c19-6-3-4-7(20)11-10(6)17-12-9-5(1-2-8(21)15(9)23)14(22)16(24)13(12)18-11/h1-4H. The normalized spacial score (nSPS) is 11.5. The van der Waals surface area contributed by atoms with Gasteiger partial charge in [0.2, 0.25) is 27.1 Å². The van der Waals surface area contributed by atoms with E-state index in [0.29, 0.717) is 0 Å². The van der Waals surface area contributed by atoms with Crippen LogP contribution >= 0.6 is 0 Å². The molecule has 0 saturated heterocycles. The van der Waals surface area contributed by atoms with Crippen LogP contribution in [-0.2, 0) is 0 Å². The maximum atomic E-state index is 12.2. The Morgan fingerprint density at radius 1 is 0.500 bits per heavy atom. The topological polar surface area (TPSA) is 128 Å². The maximum Gasteiger partial charge on any atom is 0.254 e. The van der Waals surface area contributed by atoms with Crippen LogP contribution in [0.25, 0.3) is 32.8 Å². The van der Waals surface area contributed by atoms with E-state index in [1.165, 1.54) is 0 Å². The van der Waals surface area contributed by atoms with E-state index in [4.69, 9.17) is 0 Å². The molecule has 0 amide bonds. The molecule has 1 heterocycles. The van der Waals surface area contributed by atoms with Gasteiger partial charge in [-0.2, -0.15) is 0 Å². The zero-order valence-corrected chi connectivity index (χ0v) is 11.7. The average molecular weight is 320 g/mol. The molecular weight excluding hydrogens is 316 g/mol. The summed E-state index contributed by atoms with van der Waals surface area (Å²) < 4.78 is 0. The van der Waals surface area contributed by atoms with Gasteiger partial charge in [0.1, 0.15) is 22.1 Å². The first kappa shape index (κ1) is 13.9. The Morgan fingerprint density at radius 2 is 1.04 bits per heavy atom. The van der Waals surface area contributed by atoms with Gasteiger partial charge >= 0.3 is 0 Å². The molecule has 4 rings (SSSR count). The van der Waals surface area contributed by atoms with Crippen LogP contribution in [0.1, 0.15) is 0 Å². The zero-order valence-electron chi connectivity index (χ0n) is 11.7. The minimum Gasteiger partial charge on any atom is -0.287 e. The summed E-state index contributed by atoms with van der Waals surface area (Å²) >= 11 is 0. The fourth-order valence-corrected chi connectivity index (χ4v) is 2.64. The minimum absolute atomic E-state index is 0.267. The van der Waals surface area contributed by atoms with E-state index >= 15 is 0 Å². The third kappa shape index (κ3) is 1.62. The third-order valence-corrected chi connectivity index (χ3v) is 3.77. The van der Waals surface area contributed by atoms with Crippen molar-refractivity contribution in [1.82, 2.24) is 9.97 Å². The molecule has 8 heteroatoms. The van der Waals surface area contributed by atoms with Gasteiger partial charge in [-0.05, 0) is 24.3 Å².